The zero-order valence-corrected chi connectivity index (χ0v) is 10.7. The normalized spacial score (nSPS) is 19.8. The Morgan fingerprint density at radius 3 is 3.06 bits per heavy atom. The van der Waals surface area contributed by atoms with Crippen LogP contribution in [0.4, 0.5) is 0 Å². The molecule has 1 aromatic heterocycles. The fourth-order valence-electron chi connectivity index (χ4n) is 1.88. The van der Waals surface area contributed by atoms with Gasteiger partial charge in [0.2, 0.25) is 5.91 Å². The summed E-state index contributed by atoms with van der Waals surface area (Å²) in [4.78, 5) is 17.6. The largest absolute Gasteiger partial charge is 0.340 e. The lowest BCUT2D eigenvalue weighted by atomic mass is 10.2. The van der Waals surface area contributed by atoms with Gasteiger partial charge in [0.05, 0.1) is 6.54 Å². The standard InChI is InChI=1S/C10H17N5O.ClH/c1-9-6-14(5-3-12-9)10(16)2-4-15-8-11-7-13-15;/h7-9,12H,2-6H2,1H3;1H/t9-;/m0./s1. The summed E-state index contributed by atoms with van der Waals surface area (Å²) in [6, 6.07) is 0.393. The van der Waals surface area contributed by atoms with Crippen LogP contribution in [0.3, 0.4) is 0 Å². The first-order valence-corrected chi connectivity index (χ1v) is 5.59. The number of amides is 1. The van der Waals surface area contributed by atoms with Gasteiger partial charge in [0.15, 0.2) is 0 Å². The molecule has 1 saturated heterocycles. The van der Waals surface area contributed by atoms with Gasteiger partial charge in [-0.3, -0.25) is 9.48 Å². The molecule has 0 saturated carbocycles. The van der Waals surface area contributed by atoms with E-state index in [0.717, 1.165) is 19.6 Å². The smallest absolute Gasteiger partial charge is 0.224 e. The van der Waals surface area contributed by atoms with Crippen LogP contribution in [-0.4, -0.2) is 51.2 Å². The highest BCUT2D eigenvalue weighted by Gasteiger charge is 2.19. The molecule has 0 aromatic carbocycles. The van der Waals surface area contributed by atoms with Gasteiger partial charge in [-0.1, -0.05) is 0 Å². The second-order valence-electron chi connectivity index (χ2n) is 4.10. The molecule has 7 heteroatoms. The third-order valence-electron chi connectivity index (χ3n) is 2.74. The maximum atomic E-state index is 11.9. The number of carbonyl (C=O) groups excluding carboxylic acids is 1. The van der Waals surface area contributed by atoms with E-state index in [4.69, 9.17) is 0 Å². The Morgan fingerprint density at radius 1 is 1.59 bits per heavy atom. The van der Waals surface area contributed by atoms with E-state index < -0.39 is 0 Å². The molecule has 0 spiro atoms. The lowest BCUT2D eigenvalue weighted by Crippen LogP contribution is -2.51. The van der Waals surface area contributed by atoms with Crippen LogP contribution in [0, 0.1) is 0 Å². The molecule has 1 aromatic rings. The third-order valence-corrected chi connectivity index (χ3v) is 2.74. The summed E-state index contributed by atoms with van der Waals surface area (Å²) in [6.07, 6.45) is 3.61. The predicted octanol–water partition coefficient (Wildman–Crippen LogP) is -0.0897. The van der Waals surface area contributed by atoms with E-state index in [9.17, 15) is 4.79 Å². The summed E-state index contributed by atoms with van der Waals surface area (Å²) in [6.45, 7) is 5.20. The van der Waals surface area contributed by atoms with Crippen molar-refractivity contribution in [3.63, 3.8) is 0 Å². The van der Waals surface area contributed by atoms with Crippen LogP contribution < -0.4 is 5.32 Å². The minimum absolute atomic E-state index is 0. The number of hydrogen-bond donors (Lipinski definition) is 1. The SMILES string of the molecule is C[C@H]1CN(C(=O)CCn2cncn2)CCN1.Cl. The van der Waals surface area contributed by atoms with Crippen LogP contribution in [-0.2, 0) is 11.3 Å². The lowest BCUT2D eigenvalue weighted by molar-refractivity contribution is -0.132. The average Bonchev–Trinajstić information content (AvgIpc) is 2.78. The Kier molecular flexibility index (Phi) is 5.37. The van der Waals surface area contributed by atoms with Crippen molar-refractivity contribution in [3.05, 3.63) is 12.7 Å². The van der Waals surface area contributed by atoms with Crippen LogP contribution >= 0.6 is 12.4 Å². The Morgan fingerprint density at radius 2 is 2.41 bits per heavy atom. The minimum atomic E-state index is 0. The van der Waals surface area contributed by atoms with E-state index in [2.05, 4.69) is 22.3 Å². The molecular formula is C10H18ClN5O. The molecule has 17 heavy (non-hydrogen) atoms. The summed E-state index contributed by atoms with van der Waals surface area (Å²) >= 11 is 0. The number of aryl methyl sites for hydroxylation is 1. The van der Waals surface area contributed by atoms with Gasteiger partial charge < -0.3 is 10.2 Å². The van der Waals surface area contributed by atoms with Crippen molar-refractivity contribution in [1.29, 1.82) is 0 Å². The molecule has 2 rings (SSSR count). The van der Waals surface area contributed by atoms with Crippen LogP contribution in [0.25, 0.3) is 0 Å². The van der Waals surface area contributed by atoms with Crippen molar-refractivity contribution in [1.82, 2.24) is 25.0 Å². The number of halogens is 1. The van der Waals surface area contributed by atoms with Crippen molar-refractivity contribution in [2.24, 2.45) is 0 Å². The second-order valence-corrected chi connectivity index (χ2v) is 4.10. The molecule has 1 fully saturated rings. The minimum Gasteiger partial charge on any atom is -0.340 e. The number of nitrogens with zero attached hydrogens (tertiary/aromatic N) is 4. The summed E-state index contributed by atoms with van der Waals surface area (Å²) in [7, 11) is 0. The maximum Gasteiger partial charge on any atom is 0.224 e. The molecule has 1 N–H and O–H groups in total. The molecule has 1 atom stereocenters. The number of carbonyl (C=O) groups is 1. The van der Waals surface area contributed by atoms with Crippen molar-refractivity contribution in [2.75, 3.05) is 19.6 Å². The predicted molar refractivity (Wildman–Crippen MR) is 65.9 cm³/mol. The van der Waals surface area contributed by atoms with Gasteiger partial charge in [0, 0.05) is 32.1 Å². The van der Waals surface area contributed by atoms with E-state index in [1.165, 1.54) is 6.33 Å². The van der Waals surface area contributed by atoms with Crippen molar-refractivity contribution >= 4 is 18.3 Å². The first-order valence-electron chi connectivity index (χ1n) is 5.59. The van der Waals surface area contributed by atoms with E-state index in [-0.39, 0.29) is 18.3 Å². The van der Waals surface area contributed by atoms with Crippen LogP contribution in [0.1, 0.15) is 13.3 Å². The second kappa shape index (κ2) is 6.56. The fourth-order valence-corrected chi connectivity index (χ4v) is 1.88. The zero-order valence-electron chi connectivity index (χ0n) is 9.87. The number of hydrogen-bond acceptors (Lipinski definition) is 4. The molecule has 0 aliphatic carbocycles. The monoisotopic (exact) mass is 259 g/mol. The Hall–Kier alpha value is -1.14. The molecule has 0 radical (unpaired) electrons. The zero-order chi connectivity index (χ0) is 11.4. The summed E-state index contributed by atoms with van der Waals surface area (Å²) in [5.41, 5.74) is 0. The van der Waals surface area contributed by atoms with Gasteiger partial charge in [-0.25, -0.2) is 4.98 Å². The lowest BCUT2D eigenvalue weighted by Gasteiger charge is -2.31. The van der Waals surface area contributed by atoms with Crippen LogP contribution in [0.2, 0.25) is 0 Å². The molecular weight excluding hydrogens is 242 g/mol. The summed E-state index contributed by atoms with van der Waals surface area (Å²) in [5.74, 6) is 0.198. The summed E-state index contributed by atoms with van der Waals surface area (Å²) < 4.78 is 1.68. The summed E-state index contributed by atoms with van der Waals surface area (Å²) in [5, 5.41) is 7.29. The maximum absolute atomic E-state index is 11.9. The van der Waals surface area contributed by atoms with Gasteiger partial charge in [-0.2, -0.15) is 5.10 Å². The van der Waals surface area contributed by atoms with Crippen molar-refractivity contribution < 1.29 is 4.79 Å². The van der Waals surface area contributed by atoms with Gasteiger partial charge in [-0.15, -0.1) is 12.4 Å². The van der Waals surface area contributed by atoms with Crippen molar-refractivity contribution in [3.8, 4) is 0 Å². The molecule has 6 nitrogen and oxygen atoms in total. The van der Waals surface area contributed by atoms with E-state index in [1.807, 2.05) is 4.90 Å². The van der Waals surface area contributed by atoms with Crippen LogP contribution in [0.15, 0.2) is 12.7 Å². The first-order chi connectivity index (χ1) is 7.75. The molecule has 0 bridgehead atoms. The number of nitrogens with one attached hydrogen (secondary N) is 1. The quantitative estimate of drug-likeness (QED) is 0.824. The molecule has 1 aliphatic heterocycles. The highest BCUT2D eigenvalue weighted by atomic mass is 35.5. The first kappa shape index (κ1) is 13.9. The Bertz CT molecular complexity index is 342. The van der Waals surface area contributed by atoms with E-state index in [1.54, 1.807) is 11.0 Å². The Balaban J connectivity index is 0.00000144. The molecule has 0 unspecified atom stereocenters. The molecule has 1 aliphatic rings. The molecule has 96 valence electrons. The molecule has 2 heterocycles. The number of rotatable bonds is 3. The highest BCUT2D eigenvalue weighted by molar-refractivity contribution is 5.85. The van der Waals surface area contributed by atoms with Crippen molar-refractivity contribution in [2.45, 2.75) is 25.9 Å². The van der Waals surface area contributed by atoms with E-state index >= 15 is 0 Å². The number of aromatic nitrogens is 3. The Labute approximate surface area is 107 Å². The van der Waals surface area contributed by atoms with Gasteiger partial charge in [0.25, 0.3) is 0 Å². The van der Waals surface area contributed by atoms with Gasteiger partial charge in [-0.05, 0) is 6.92 Å². The van der Waals surface area contributed by atoms with E-state index in [0.29, 0.717) is 19.0 Å². The molecule has 1 amide bonds. The average molecular weight is 260 g/mol. The third kappa shape index (κ3) is 3.98. The topological polar surface area (TPSA) is 63.1 Å². The van der Waals surface area contributed by atoms with Gasteiger partial charge in [0.1, 0.15) is 12.7 Å². The van der Waals surface area contributed by atoms with Crippen LogP contribution in [0.5, 0.6) is 0 Å². The number of piperazine rings is 1. The van der Waals surface area contributed by atoms with Gasteiger partial charge >= 0.3 is 0 Å². The highest BCUT2D eigenvalue weighted by Crippen LogP contribution is 2.02. The fraction of sp³-hybridized carbons (Fsp3) is 0.700.